The first kappa shape index (κ1) is 23.5. The third-order valence-electron chi connectivity index (χ3n) is 7.08. The summed E-state index contributed by atoms with van der Waals surface area (Å²) in [6.07, 6.45) is 10.1. The normalized spacial score (nSPS) is 24.0. The summed E-state index contributed by atoms with van der Waals surface area (Å²) in [5.74, 6) is 0.933. The standard InChI is InChI=1S/C26H41N3O3/c1-22-7-5-14-29(22)15-6-18-31-24-12-10-23(11-13-24)26(21-28-16-19-30-20-17-28)27-32-25-8-3-2-4-9-25/h10-13,22,25H,2-9,14-21H2,1H3. The Morgan fingerprint density at radius 1 is 1.00 bits per heavy atom. The maximum absolute atomic E-state index is 6.02. The molecular weight excluding hydrogens is 402 g/mol. The molecule has 0 bridgehead atoms. The number of likely N-dealkylation sites (tertiary alicyclic amines) is 1. The van der Waals surface area contributed by atoms with Crippen LogP contribution in [0.15, 0.2) is 29.4 Å². The summed E-state index contributed by atoms with van der Waals surface area (Å²) in [5.41, 5.74) is 2.12. The third kappa shape index (κ3) is 7.19. The Morgan fingerprint density at radius 2 is 1.78 bits per heavy atom. The van der Waals surface area contributed by atoms with E-state index in [1.165, 1.54) is 38.6 Å². The quantitative estimate of drug-likeness (QED) is 0.306. The molecule has 3 aliphatic rings. The summed E-state index contributed by atoms with van der Waals surface area (Å²) >= 11 is 0. The average molecular weight is 444 g/mol. The van der Waals surface area contributed by atoms with Gasteiger partial charge in [0.1, 0.15) is 17.6 Å². The Balaban J connectivity index is 1.31. The molecule has 6 nitrogen and oxygen atoms in total. The van der Waals surface area contributed by atoms with Gasteiger partial charge in [0.2, 0.25) is 0 Å². The molecular formula is C26H41N3O3. The summed E-state index contributed by atoms with van der Waals surface area (Å²) in [5, 5.41) is 4.66. The van der Waals surface area contributed by atoms with Gasteiger partial charge in [-0.15, -0.1) is 0 Å². The minimum absolute atomic E-state index is 0.268. The predicted octanol–water partition coefficient (Wildman–Crippen LogP) is 4.33. The van der Waals surface area contributed by atoms with Crippen LogP contribution in [-0.4, -0.2) is 80.2 Å². The minimum atomic E-state index is 0.268. The monoisotopic (exact) mass is 443 g/mol. The van der Waals surface area contributed by atoms with E-state index >= 15 is 0 Å². The second-order valence-corrected chi connectivity index (χ2v) is 9.55. The fourth-order valence-electron chi connectivity index (χ4n) is 4.98. The molecule has 1 aromatic carbocycles. The van der Waals surface area contributed by atoms with Crippen LogP contribution in [0, 0.1) is 0 Å². The zero-order chi connectivity index (χ0) is 22.0. The minimum Gasteiger partial charge on any atom is -0.494 e. The number of nitrogens with zero attached hydrogens (tertiary/aromatic N) is 3. The van der Waals surface area contributed by atoms with Gasteiger partial charge >= 0.3 is 0 Å². The molecule has 0 radical (unpaired) electrons. The Bertz CT molecular complexity index is 697. The van der Waals surface area contributed by atoms with Crippen molar-refractivity contribution in [1.82, 2.24) is 9.80 Å². The first-order chi connectivity index (χ1) is 15.8. The van der Waals surface area contributed by atoms with Crippen LogP contribution in [0.3, 0.4) is 0 Å². The number of morpholine rings is 1. The Hall–Kier alpha value is -1.63. The fourth-order valence-corrected chi connectivity index (χ4v) is 4.98. The van der Waals surface area contributed by atoms with Crippen molar-refractivity contribution in [1.29, 1.82) is 0 Å². The molecule has 0 spiro atoms. The molecule has 6 heteroatoms. The number of ether oxygens (including phenoxy) is 2. The largest absolute Gasteiger partial charge is 0.494 e. The van der Waals surface area contributed by atoms with Gasteiger partial charge in [-0.2, -0.15) is 0 Å². The Kier molecular flexibility index (Phi) is 9.24. The van der Waals surface area contributed by atoms with E-state index in [0.717, 1.165) is 88.3 Å². The fraction of sp³-hybridized carbons (Fsp3) is 0.731. The molecule has 3 fully saturated rings. The zero-order valence-corrected chi connectivity index (χ0v) is 19.8. The van der Waals surface area contributed by atoms with Crippen molar-refractivity contribution in [2.75, 3.05) is 52.5 Å². The van der Waals surface area contributed by atoms with Crippen molar-refractivity contribution in [3.05, 3.63) is 29.8 Å². The lowest BCUT2D eigenvalue weighted by atomic mass is 9.98. The van der Waals surface area contributed by atoms with E-state index in [1.807, 2.05) is 0 Å². The number of oxime groups is 1. The molecule has 2 aliphatic heterocycles. The second-order valence-electron chi connectivity index (χ2n) is 9.55. The van der Waals surface area contributed by atoms with Crippen LogP contribution in [0.4, 0.5) is 0 Å². The van der Waals surface area contributed by atoms with Gasteiger partial charge < -0.3 is 19.2 Å². The van der Waals surface area contributed by atoms with E-state index in [1.54, 1.807) is 0 Å². The van der Waals surface area contributed by atoms with Crippen LogP contribution < -0.4 is 4.74 Å². The summed E-state index contributed by atoms with van der Waals surface area (Å²) < 4.78 is 11.5. The van der Waals surface area contributed by atoms with Gasteiger partial charge in [-0.3, -0.25) is 4.90 Å². The lowest BCUT2D eigenvalue weighted by molar-refractivity contribution is 0.0292. The Labute approximate surface area is 193 Å². The van der Waals surface area contributed by atoms with Gasteiger partial charge in [-0.05, 0) is 82.7 Å². The van der Waals surface area contributed by atoms with Crippen LogP contribution in [-0.2, 0) is 9.57 Å². The van der Waals surface area contributed by atoms with Gasteiger partial charge in [0.15, 0.2) is 0 Å². The second kappa shape index (κ2) is 12.6. The number of hydrogen-bond acceptors (Lipinski definition) is 6. The van der Waals surface area contributed by atoms with Crippen LogP contribution in [0.2, 0.25) is 0 Å². The van der Waals surface area contributed by atoms with Crippen molar-refractivity contribution in [3.8, 4) is 5.75 Å². The summed E-state index contributed by atoms with van der Waals surface area (Å²) in [6, 6.07) is 9.13. The highest BCUT2D eigenvalue weighted by Crippen LogP contribution is 2.21. The van der Waals surface area contributed by atoms with Crippen LogP contribution >= 0.6 is 0 Å². The molecule has 0 N–H and O–H groups in total. The molecule has 1 saturated carbocycles. The van der Waals surface area contributed by atoms with Gasteiger partial charge in [0, 0.05) is 37.8 Å². The molecule has 2 saturated heterocycles. The van der Waals surface area contributed by atoms with Gasteiger partial charge in [0.05, 0.1) is 19.8 Å². The first-order valence-electron chi connectivity index (χ1n) is 12.8. The predicted molar refractivity (Wildman–Crippen MR) is 129 cm³/mol. The molecule has 32 heavy (non-hydrogen) atoms. The average Bonchev–Trinajstić information content (AvgIpc) is 3.26. The molecule has 1 unspecified atom stereocenters. The van der Waals surface area contributed by atoms with E-state index in [-0.39, 0.29) is 6.10 Å². The van der Waals surface area contributed by atoms with E-state index in [9.17, 15) is 0 Å². The molecule has 4 rings (SSSR count). The maximum Gasteiger partial charge on any atom is 0.127 e. The highest BCUT2D eigenvalue weighted by molar-refractivity contribution is 6.01. The summed E-state index contributed by atoms with van der Waals surface area (Å²) in [6.45, 7) is 9.74. The third-order valence-corrected chi connectivity index (χ3v) is 7.08. The molecule has 1 aromatic rings. The molecule has 1 aliphatic carbocycles. The lowest BCUT2D eigenvalue weighted by Gasteiger charge is -2.27. The van der Waals surface area contributed by atoms with Gasteiger partial charge in [-0.1, -0.05) is 11.6 Å². The highest BCUT2D eigenvalue weighted by atomic mass is 16.6. The first-order valence-corrected chi connectivity index (χ1v) is 12.8. The highest BCUT2D eigenvalue weighted by Gasteiger charge is 2.20. The van der Waals surface area contributed by atoms with E-state index in [4.69, 9.17) is 14.3 Å². The zero-order valence-electron chi connectivity index (χ0n) is 19.8. The van der Waals surface area contributed by atoms with Crippen molar-refractivity contribution >= 4 is 5.71 Å². The van der Waals surface area contributed by atoms with Crippen LogP contribution in [0.5, 0.6) is 5.75 Å². The van der Waals surface area contributed by atoms with Crippen molar-refractivity contribution in [2.24, 2.45) is 5.16 Å². The number of hydrogen-bond donors (Lipinski definition) is 0. The molecule has 178 valence electrons. The Morgan fingerprint density at radius 3 is 2.50 bits per heavy atom. The number of benzene rings is 1. The molecule has 0 aromatic heterocycles. The molecule has 1 atom stereocenters. The molecule has 2 heterocycles. The maximum atomic E-state index is 6.02. The smallest absolute Gasteiger partial charge is 0.127 e. The van der Waals surface area contributed by atoms with Crippen molar-refractivity contribution < 1.29 is 14.3 Å². The van der Waals surface area contributed by atoms with E-state index in [2.05, 4.69) is 46.1 Å². The number of rotatable bonds is 10. The van der Waals surface area contributed by atoms with Crippen LogP contribution in [0.1, 0.15) is 63.9 Å². The summed E-state index contributed by atoms with van der Waals surface area (Å²) in [7, 11) is 0. The lowest BCUT2D eigenvalue weighted by Crippen LogP contribution is -2.40. The summed E-state index contributed by atoms with van der Waals surface area (Å²) in [4.78, 5) is 11.0. The van der Waals surface area contributed by atoms with Crippen LogP contribution in [0.25, 0.3) is 0 Å². The van der Waals surface area contributed by atoms with E-state index in [0.29, 0.717) is 0 Å². The van der Waals surface area contributed by atoms with Gasteiger partial charge in [-0.25, -0.2) is 0 Å². The topological polar surface area (TPSA) is 46.5 Å². The molecule has 0 amide bonds. The van der Waals surface area contributed by atoms with E-state index < -0.39 is 0 Å². The van der Waals surface area contributed by atoms with Crippen molar-refractivity contribution in [2.45, 2.75) is 70.4 Å². The SMILES string of the molecule is CC1CCCN1CCCOc1ccc(C(CN2CCOCC2)=NOC2CCCCC2)cc1. The van der Waals surface area contributed by atoms with Crippen molar-refractivity contribution in [3.63, 3.8) is 0 Å². The van der Waals surface area contributed by atoms with Gasteiger partial charge in [0.25, 0.3) is 0 Å².